The second-order valence-corrected chi connectivity index (χ2v) is 4.12. The fourth-order valence-corrected chi connectivity index (χ4v) is 1.90. The minimum atomic E-state index is -0.380. The van der Waals surface area contributed by atoms with Crippen LogP contribution in [0.2, 0.25) is 5.02 Å². The lowest BCUT2D eigenvalue weighted by molar-refractivity contribution is -0.142. The first-order valence-electron chi connectivity index (χ1n) is 4.76. The lowest BCUT2D eigenvalue weighted by atomic mass is 10.1. The Kier molecular flexibility index (Phi) is 5.22. The highest BCUT2D eigenvalue weighted by molar-refractivity contribution is 9.08. The molecular formula is C11H11BrClFO2. The van der Waals surface area contributed by atoms with Crippen LogP contribution in [0.5, 0.6) is 0 Å². The van der Waals surface area contributed by atoms with Crippen molar-refractivity contribution >= 4 is 33.5 Å². The molecule has 0 unspecified atom stereocenters. The predicted octanol–water partition coefficient (Wildman–Crippen LogP) is 3.48. The van der Waals surface area contributed by atoms with E-state index in [4.69, 9.17) is 16.3 Å². The van der Waals surface area contributed by atoms with Crippen LogP contribution in [-0.4, -0.2) is 12.6 Å². The molecule has 0 spiro atoms. The van der Waals surface area contributed by atoms with Gasteiger partial charge in [-0.15, -0.1) is 0 Å². The smallest absolute Gasteiger partial charge is 0.310 e. The number of rotatable bonds is 4. The first-order chi connectivity index (χ1) is 7.58. The van der Waals surface area contributed by atoms with Crippen LogP contribution in [-0.2, 0) is 21.3 Å². The number of hydrogen-bond donors (Lipinski definition) is 0. The topological polar surface area (TPSA) is 26.3 Å². The Morgan fingerprint density at radius 1 is 1.50 bits per heavy atom. The van der Waals surface area contributed by atoms with E-state index in [1.165, 1.54) is 6.07 Å². The van der Waals surface area contributed by atoms with Gasteiger partial charge in [0.05, 0.1) is 13.0 Å². The third kappa shape index (κ3) is 3.46. The summed E-state index contributed by atoms with van der Waals surface area (Å²) in [5.74, 6) is -0.744. The molecule has 2 nitrogen and oxygen atoms in total. The zero-order valence-electron chi connectivity index (χ0n) is 8.73. The van der Waals surface area contributed by atoms with Crippen molar-refractivity contribution in [3.8, 4) is 0 Å². The van der Waals surface area contributed by atoms with Gasteiger partial charge in [0.15, 0.2) is 0 Å². The highest BCUT2D eigenvalue weighted by atomic mass is 79.9. The van der Waals surface area contributed by atoms with Crippen molar-refractivity contribution in [3.63, 3.8) is 0 Å². The average molecular weight is 310 g/mol. The van der Waals surface area contributed by atoms with E-state index in [1.54, 1.807) is 13.0 Å². The molecule has 0 aliphatic heterocycles. The molecule has 0 amide bonds. The number of halogens is 3. The maximum atomic E-state index is 13.3. The highest BCUT2D eigenvalue weighted by Crippen LogP contribution is 2.23. The largest absolute Gasteiger partial charge is 0.466 e. The minimum absolute atomic E-state index is 0.0625. The van der Waals surface area contributed by atoms with Crippen LogP contribution in [0.25, 0.3) is 0 Å². The van der Waals surface area contributed by atoms with Gasteiger partial charge >= 0.3 is 5.97 Å². The van der Waals surface area contributed by atoms with Gasteiger partial charge in [-0.05, 0) is 30.2 Å². The molecule has 1 aromatic carbocycles. The Labute approximate surface area is 107 Å². The molecule has 16 heavy (non-hydrogen) atoms. The van der Waals surface area contributed by atoms with E-state index in [2.05, 4.69) is 15.9 Å². The number of hydrogen-bond acceptors (Lipinski definition) is 2. The Bertz CT molecular complexity index is 396. The summed E-state index contributed by atoms with van der Waals surface area (Å²) in [5, 5.41) is 0.626. The molecule has 0 heterocycles. The van der Waals surface area contributed by atoms with E-state index in [0.29, 0.717) is 23.1 Å². The normalized spacial score (nSPS) is 10.2. The molecule has 0 aliphatic rings. The Morgan fingerprint density at radius 3 is 2.75 bits per heavy atom. The quantitative estimate of drug-likeness (QED) is 0.629. The third-order valence-electron chi connectivity index (χ3n) is 2.00. The van der Waals surface area contributed by atoms with Crippen LogP contribution < -0.4 is 0 Å². The maximum Gasteiger partial charge on any atom is 0.310 e. The van der Waals surface area contributed by atoms with Crippen LogP contribution in [0.1, 0.15) is 18.1 Å². The van der Waals surface area contributed by atoms with Gasteiger partial charge in [0, 0.05) is 10.4 Å². The SMILES string of the molecule is CCOC(=O)Cc1cc(CBr)c(F)cc1Cl. The van der Waals surface area contributed by atoms with Crippen LogP contribution >= 0.6 is 27.5 Å². The van der Waals surface area contributed by atoms with Crippen LogP contribution in [0.15, 0.2) is 12.1 Å². The molecule has 0 saturated heterocycles. The molecule has 0 bridgehead atoms. The standard InChI is InChI=1S/C11H11BrClFO2/c1-2-16-11(15)4-7-3-8(6-12)10(14)5-9(7)13/h3,5H,2,4,6H2,1H3. The molecule has 0 aromatic heterocycles. The summed E-state index contributed by atoms with van der Waals surface area (Å²) in [7, 11) is 0. The van der Waals surface area contributed by atoms with Gasteiger partial charge < -0.3 is 4.74 Å². The van der Waals surface area contributed by atoms with Crippen molar-refractivity contribution in [3.05, 3.63) is 34.1 Å². The first kappa shape index (κ1) is 13.5. The minimum Gasteiger partial charge on any atom is -0.466 e. The Hall–Kier alpha value is -0.610. The number of ether oxygens (including phenoxy) is 1. The first-order valence-corrected chi connectivity index (χ1v) is 6.26. The molecule has 0 fully saturated rings. The van der Waals surface area contributed by atoms with Crippen LogP contribution in [0.4, 0.5) is 4.39 Å². The molecule has 88 valence electrons. The molecule has 0 atom stereocenters. The summed E-state index contributed by atoms with van der Waals surface area (Å²) in [6, 6.07) is 2.79. The van der Waals surface area contributed by atoms with E-state index in [-0.39, 0.29) is 23.2 Å². The molecular weight excluding hydrogens is 298 g/mol. The fraction of sp³-hybridized carbons (Fsp3) is 0.364. The van der Waals surface area contributed by atoms with Crippen molar-refractivity contribution in [2.45, 2.75) is 18.7 Å². The van der Waals surface area contributed by atoms with Crippen LogP contribution in [0, 0.1) is 5.82 Å². The second-order valence-electron chi connectivity index (χ2n) is 3.15. The molecule has 0 saturated carbocycles. The van der Waals surface area contributed by atoms with Gasteiger partial charge in [-0.1, -0.05) is 27.5 Å². The maximum absolute atomic E-state index is 13.3. The zero-order valence-corrected chi connectivity index (χ0v) is 11.1. The van der Waals surface area contributed by atoms with Gasteiger partial charge in [-0.25, -0.2) is 4.39 Å². The lowest BCUT2D eigenvalue weighted by Crippen LogP contribution is -2.08. The lowest BCUT2D eigenvalue weighted by Gasteiger charge is -2.07. The average Bonchev–Trinajstić information content (AvgIpc) is 2.22. The monoisotopic (exact) mass is 308 g/mol. The van der Waals surface area contributed by atoms with Gasteiger partial charge in [-0.2, -0.15) is 0 Å². The van der Waals surface area contributed by atoms with Crippen molar-refractivity contribution in [1.29, 1.82) is 0 Å². The number of carbonyl (C=O) groups is 1. The number of esters is 1. The van der Waals surface area contributed by atoms with Gasteiger partial charge in [0.25, 0.3) is 0 Å². The fourth-order valence-electron chi connectivity index (χ4n) is 1.25. The van der Waals surface area contributed by atoms with E-state index in [1.807, 2.05) is 0 Å². The summed E-state index contributed by atoms with van der Waals surface area (Å²) in [6.07, 6.45) is 0.0625. The van der Waals surface area contributed by atoms with Crippen molar-refractivity contribution < 1.29 is 13.9 Å². The van der Waals surface area contributed by atoms with Crippen molar-refractivity contribution in [2.24, 2.45) is 0 Å². The van der Waals surface area contributed by atoms with Gasteiger partial charge in [0.1, 0.15) is 5.82 Å². The molecule has 5 heteroatoms. The van der Waals surface area contributed by atoms with Gasteiger partial charge in [-0.3, -0.25) is 4.79 Å². The van der Waals surface area contributed by atoms with E-state index >= 15 is 0 Å². The molecule has 0 aliphatic carbocycles. The molecule has 1 rings (SSSR count). The Balaban J connectivity index is 2.91. The summed E-state index contributed by atoms with van der Waals surface area (Å²) in [6.45, 7) is 2.05. The number of benzene rings is 1. The second kappa shape index (κ2) is 6.21. The summed E-state index contributed by atoms with van der Waals surface area (Å²) < 4.78 is 18.1. The number of carbonyl (C=O) groups excluding carboxylic acids is 1. The summed E-state index contributed by atoms with van der Waals surface area (Å²) in [4.78, 5) is 11.3. The predicted molar refractivity (Wildman–Crippen MR) is 64.4 cm³/mol. The van der Waals surface area contributed by atoms with Crippen molar-refractivity contribution in [1.82, 2.24) is 0 Å². The molecule has 0 N–H and O–H groups in total. The summed E-state index contributed by atoms with van der Waals surface area (Å²) in [5.41, 5.74) is 1.06. The third-order valence-corrected chi connectivity index (χ3v) is 2.96. The highest BCUT2D eigenvalue weighted by Gasteiger charge is 2.11. The van der Waals surface area contributed by atoms with Crippen molar-refractivity contribution in [2.75, 3.05) is 6.61 Å². The number of alkyl halides is 1. The Morgan fingerprint density at radius 2 is 2.19 bits per heavy atom. The van der Waals surface area contributed by atoms with Gasteiger partial charge in [0.2, 0.25) is 0 Å². The molecule has 1 aromatic rings. The molecule has 0 radical (unpaired) electrons. The van der Waals surface area contributed by atoms with Crippen LogP contribution in [0.3, 0.4) is 0 Å². The summed E-state index contributed by atoms with van der Waals surface area (Å²) >= 11 is 9.00. The van der Waals surface area contributed by atoms with E-state index in [9.17, 15) is 9.18 Å². The van der Waals surface area contributed by atoms with E-state index in [0.717, 1.165) is 0 Å². The van der Waals surface area contributed by atoms with E-state index < -0.39 is 0 Å². The zero-order chi connectivity index (χ0) is 12.1.